The van der Waals surface area contributed by atoms with Crippen LogP contribution in [0.15, 0.2) is 0 Å². The number of hydrogen-bond acceptors (Lipinski definition) is 3. The van der Waals surface area contributed by atoms with E-state index >= 15 is 0 Å². The number of nitrogens with one attached hydrogen (secondary N) is 1. The lowest BCUT2D eigenvalue weighted by Crippen LogP contribution is -2.44. The fourth-order valence-corrected chi connectivity index (χ4v) is 3.74. The van der Waals surface area contributed by atoms with E-state index in [-0.39, 0.29) is 5.54 Å². The summed E-state index contributed by atoms with van der Waals surface area (Å²) in [7, 11) is 2.05. The van der Waals surface area contributed by atoms with Gasteiger partial charge in [-0.25, -0.2) is 4.98 Å². The van der Waals surface area contributed by atoms with E-state index in [4.69, 9.17) is 4.98 Å². The zero-order valence-corrected chi connectivity index (χ0v) is 12.2. The molecule has 0 aliphatic heterocycles. The van der Waals surface area contributed by atoms with Crippen LogP contribution in [-0.2, 0) is 12.0 Å². The molecule has 0 aliphatic rings. The van der Waals surface area contributed by atoms with Crippen LogP contribution in [0.5, 0.6) is 0 Å². The highest BCUT2D eigenvalue weighted by Gasteiger charge is 2.35. The first-order valence-electron chi connectivity index (χ1n) is 6.17. The molecule has 16 heavy (non-hydrogen) atoms. The molecule has 1 aromatic rings. The fraction of sp³-hybridized carbons (Fsp3) is 0.769. The second kappa shape index (κ2) is 5.28. The van der Waals surface area contributed by atoms with Crippen LogP contribution >= 0.6 is 11.3 Å². The van der Waals surface area contributed by atoms with Crippen LogP contribution in [0.25, 0.3) is 0 Å². The minimum atomic E-state index is 0.0445. The minimum Gasteiger partial charge on any atom is -0.308 e. The summed E-state index contributed by atoms with van der Waals surface area (Å²) in [6.07, 6.45) is 2.11. The van der Waals surface area contributed by atoms with E-state index in [2.05, 4.69) is 39.9 Å². The maximum absolute atomic E-state index is 4.82. The second-order valence-corrected chi connectivity index (χ2v) is 5.81. The number of aryl methyl sites for hydroxylation is 2. The van der Waals surface area contributed by atoms with Gasteiger partial charge in [0.15, 0.2) is 0 Å². The molecule has 1 unspecified atom stereocenters. The Kier molecular flexibility index (Phi) is 4.51. The summed E-state index contributed by atoms with van der Waals surface area (Å²) in [4.78, 5) is 6.19. The molecule has 0 saturated heterocycles. The van der Waals surface area contributed by atoms with Crippen LogP contribution in [-0.4, -0.2) is 12.0 Å². The highest BCUT2D eigenvalue weighted by molar-refractivity contribution is 7.11. The largest absolute Gasteiger partial charge is 0.308 e. The third-order valence-electron chi connectivity index (χ3n) is 3.60. The van der Waals surface area contributed by atoms with Crippen molar-refractivity contribution in [2.45, 2.75) is 53.0 Å². The highest BCUT2D eigenvalue weighted by atomic mass is 32.1. The first-order valence-corrected chi connectivity index (χ1v) is 6.99. The van der Waals surface area contributed by atoms with Crippen LogP contribution in [0.2, 0.25) is 0 Å². The predicted octanol–water partition coefficient (Wildman–Crippen LogP) is 3.49. The SMILES string of the molecule is CCc1nc(C(CC)(NC)C(C)C)sc1C. The smallest absolute Gasteiger partial charge is 0.113 e. The van der Waals surface area contributed by atoms with Crippen molar-refractivity contribution in [2.24, 2.45) is 5.92 Å². The summed E-state index contributed by atoms with van der Waals surface area (Å²) in [5.41, 5.74) is 1.30. The molecule has 0 saturated carbocycles. The molecule has 3 heteroatoms. The highest BCUT2D eigenvalue weighted by Crippen LogP contribution is 2.36. The van der Waals surface area contributed by atoms with Crippen molar-refractivity contribution in [3.63, 3.8) is 0 Å². The van der Waals surface area contributed by atoms with Gasteiger partial charge in [-0.1, -0.05) is 27.7 Å². The monoisotopic (exact) mass is 240 g/mol. The second-order valence-electron chi connectivity index (χ2n) is 4.61. The van der Waals surface area contributed by atoms with Crippen molar-refractivity contribution in [3.8, 4) is 0 Å². The maximum atomic E-state index is 4.82. The Balaban J connectivity index is 3.20. The number of rotatable bonds is 5. The van der Waals surface area contributed by atoms with Gasteiger partial charge in [0.2, 0.25) is 0 Å². The van der Waals surface area contributed by atoms with Crippen LogP contribution < -0.4 is 5.32 Å². The molecule has 92 valence electrons. The Morgan fingerprint density at radius 2 is 2.00 bits per heavy atom. The van der Waals surface area contributed by atoms with Crippen LogP contribution in [0.1, 0.15) is 49.7 Å². The van der Waals surface area contributed by atoms with Crippen molar-refractivity contribution >= 4 is 11.3 Å². The number of nitrogens with zero attached hydrogens (tertiary/aromatic N) is 1. The average molecular weight is 240 g/mol. The van der Waals surface area contributed by atoms with Gasteiger partial charge in [0.1, 0.15) is 5.01 Å². The van der Waals surface area contributed by atoms with E-state index in [0.717, 1.165) is 12.8 Å². The summed E-state index contributed by atoms with van der Waals surface area (Å²) in [5.74, 6) is 0.553. The summed E-state index contributed by atoms with van der Waals surface area (Å²) < 4.78 is 0. The molecule has 0 radical (unpaired) electrons. The van der Waals surface area contributed by atoms with Crippen molar-refractivity contribution in [3.05, 3.63) is 15.6 Å². The molecule has 0 bridgehead atoms. The van der Waals surface area contributed by atoms with Gasteiger partial charge < -0.3 is 5.32 Å². The molecular weight excluding hydrogens is 216 g/mol. The molecule has 1 aromatic heterocycles. The third kappa shape index (κ3) is 2.16. The summed E-state index contributed by atoms with van der Waals surface area (Å²) in [5, 5.41) is 4.75. The molecule has 0 aromatic carbocycles. The van der Waals surface area contributed by atoms with Crippen molar-refractivity contribution < 1.29 is 0 Å². The topological polar surface area (TPSA) is 24.9 Å². The Labute approximate surface area is 103 Å². The molecule has 1 heterocycles. The van der Waals surface area contributed by atoms with Gasteiger partial charge in [-0.15, -0.1) is 11.3 Å². The van der Waals surface area contributed by atoms with E-state index in [1.54, 1.807) is 0 Å². The normalized spacial score (nSPS) is 15.4. The molecule has 1 rings (SSSR count). The van der Waals surface area contributed by atoms with E-state index in [9.17, 15) is 0 Å². The maximum Gasteiger partial charge on any atom is 0.113 e. The van der Waals surface area contributed by atoms with E-state index in [1.165, 1.54) is 15.6 Å². The molecule has 2 nitrogen and oxygen atoms in total. The fourth-order valence-electron chi connectivity index (χ4n) is 2.33. The molecule has 0 amide bonds. The van der Waals surface area contributed by atoms with E-state index < -0.39 is 0 Å². The van der Waals surface area contributed by atoms with Gasteiger partial charge in [0, 0.05) is 4.88 Å². The summed E-state index contributed by atoms with van der Waals surface area (Å²) in [6, 6.07) is 0. The zero-order chi connectivity index (χ0) is 12.3. The quantitative estimate of drug-likeness (QED) is 0.852. The van der Waals surface area contributed by atoms with Crippen molar-refractivity contribution in [2.75, 3.05) is 7.05 Å². The minimum absolute atomic E-state index is 0.0445. The average Bonchev–Trinajstić information content (AvgIpc) is 2.62. The molecule has 0 fully saturated rings. The predicted molar refractivity (Wildman–Crippen MR) is 72.1 cm³/mol. The summed E-state index contributed by atoms with van der Waals surface area (Å²) in [6.45, 7) is 11.1. The van der Waals surface area contributed by atoms with Gasteiger partial charge in [-0.3, -0.25) is 0 Å². The van der Waals surface area contributed by atoms with Gasteiger partial charge in [-0.05, 0) is 32.7 Å². The molecule has 0 spiro atoms. The van der Waals surface area contributed by atoms with Crippen LogP contribution in [0, 0.1) is 12.8 Å². The first kappa shape index (κ1) is 13.7. The van der Waals surface area contributed by atoms with Gasteiger partial charge in [-0.2, -0.15) is 0 Å². The van der Waals surface area contributed by atoms with E-state index in [1.807, 2.05) is 18.4 Å². The summed E-state index contributed by atoms with van der Waals surface area (Å²) >= 11 is 1.85. The van der Waals surface area contributed by atoms with Crippen molar-refractivity contribution in [1.29, 1.82) is 0 Å². The molecular formula is C13H24N2S. The van der Waals surface area contributed by atoms with E-state index in [0.29, 0.717) is 5.92 Å². The lowest BCUT2D eigenvalue weighted by Gasteiger charge is -2.34. The third-order valence-corrected chi connectivity index (χ3v) is 4.79. The standard InChI is InChI=1S/C13H24N2S/c1-7-11-10(5)16-12(15-11)13(8-2,14-6)9(3)4/h9,14H,7-8H2,1-6H3. The Bertz CT molecular complexity index is 338. The van der Waals surface area contributed by atoms with Crippen molar-refractivity contribution in [1.82, 2.24) is 10.3 Å². The Hall–Kier alpha value is -0.410. The molecule has 1 N–H and O–H groups in total. The number of thiazole rings is 1. The first-order chi connectivity index (χ1) is 7.51. The lowest BCUT2D eigenvalue weighted by atomic mass is 9.84. The number of hydrogen-bond donors (Lipinski definition) is 1. The molecule has 0 aliphatic carbocycles. The van der Waals surface area contributed by atoms with Gasteiger partial charge in [0.05, 0.1) is 11.2 Å². The molecule has 1 atom stereocenters. The Morgan fingerprint density at radius 3 is 2.31 bits per heavy atom. The van der Waals surface area contributed by atoms with Crippen LogP contribution in [0.4, 0.5) is 0 Å². The zero-order valence-electron chi connectivity index (χ0n) is 11.3. The van der Waals surface area contributed by atoms with Crippen LogP contribution in [0.3, 0.4) is 0 Å². The van der Waals surface area contributed by atoms with Gasteiger partial charge >= 0.3 is 0 Å². The Morgan fingerprint density at radius 1 is 1.38 bits per heavy atom. The number of aromatic nitrogens is 1. The van der Waals surface area contributed by atoms with Gasteiger partial charge in [0.25, 0.3) is 0 Å². The lowest BCUT2D eigenvalue weighted by molar-refractivity contribution is 0.245.